The lowest BCUT2D eigenvalue weighted by Crippen LogP contribution is -2.22. The summed E-state index contributed by atoms with van der Waals surface area (Å²) in [5.74, 6) is 0.119. The van der Waals surface area contributed by atoms with Gasteiger partial charge in [0.15, 0.2) is 0 Å². The fourth-order valence-electron chi connectivity index (χ4n) is 2.17. The fourth-order valence-corrected chi connectivity index (χ4v) is 2.17. The molecule has 20 heavy (non-hydrogen) atoms. The third kappa shape index (κ3) is 3.93. The van der Waals surface area contributed by atoms with Crippen LogP contribution in [0.2, 0.25) is 0 Å². The summed E-state index contributed by atoms with van der Waals surface area (Å²) in [6.45, 7) is 5.03. The molecule has 2 rings (SSSR count). The van der Waals surface area contributed by atoms with Gasteiger partial charge in [-0.25, -0.2) is 0 Å². The van der Waals surface area contributed by atoms with E-state index < -0.39 is 0 Å². The zero-order chi connectivity index (χ0) is 14.4. The Morgan fingerprint density at radius 1 is 0.950 bits per heavy atom. The van der Waals surface area contributed by atoms with Crippen molar-refractivity contribution in [3.63, 3.8) is 0 Å². The highest BCUT2D eigenvalue weighted by atomic mass is 15.1. The number of nitrogens with one attached hydrogen (secondary N) is 1. The zero-order valence-corrected chi connectivity index (χ0v) is 11.8. The van der Waals surface area contributed by atoms with Crippen molar-refractivity contribution >= 4 is 5.84 Å². The van der Waals surface area contributed by atoms with Crippen LogP contribution in [0.4, 0.5) is 0 Å². The normalized spacial score (nSPS) is 10.7. The maximum absolute atomic E-state index is 7.40. The van der Waals surface area contributed by atoms with E-state index in [0.29, 0.717) is 0 Å². The van der Waals surface area contributed by atoms with Crippen molar-refractivity contribution in [2.45, 2.75) is 20.0 Å². The number of nitrogens with zero attached hydrogens (tertiary/aromatic N) is 1. The van der Waals surface area contributed by atoms with Crippen molar-refractivity contribution in [1.29, 1.82) is 5.41 Å². The minimum atomic E-state index is 0.119. The van der Waals surface area contributed by atoms with E-state index in [0.717, 1.165) is 25.2 Å². The van der Waals surface area contributed by atoms with Crippen LogP contribution in [0.5, 0.6) is 0 Å². The van der Waals surface area contributed by atoms with Gasteiger partial charge >= 0.3 is 0 Å². The van der Waals surface area contributed by atoms with Crippen LogP contribution in [0, 0.1) is 5.41 Å². The van der Waals surface area contributed by atoms with Gasteiger partial charge in [-0.05, 0) is 17.7 Å². The molecular formula is C17H21N3. The molecule has 104 valence electrons. The molecule has 0 saturated carbocycles. The van der Waals surface area contributed by atoms with Crippen LogP contribution in [0.15, 0.2) is 54.6 Å². The first-order valence-corrected chi connectivity index (χ1v) is 6.88. The number of rotatable bonds is 6. The predicted octanol–water partition coefficient (Wildman–Crippen LogP) is 2.99. The number of hydrogen-bond donors (Lipinski definition) is 2. The average Bonchev–Trinajstić information content (AvgIpc) is 2.48. The van der Waals surface area contributed by atoms with Crippen molar-refractivity contribution in [3.05, 3.63) is 71.3 Å². The first kappa shape index (κ1) is 14.3. The molecule has 0 heterocycles. The summed E-state index contributed by atoms with van der Waals surface area (Å²) in [6, 6.07) is 18.4. The minimum absolute atomic E-state index is 0.119. The van der Waals surface area contributed by atoms with Crippen LogP contribution in [0.25, 0.3) is 0 Å². The van der Waals surface area contributed by atoms with E-state index in [4.69, 9.17) is 11.1 Å². The Kier molecular flexibility index (Phi) is 4.91. The van der Waals surface area contributed by atoms with E-state index in [1.54, 1.807) is 0 Å². The zero-order valence-electron chi connectivity index (χ0n) is 11.8. The molecule has 0 aliphatic carbocycles. The second-order valence-corrected chi connectivity index (χ2v) is 4.90. The summed E-state index contributed by atoms with van der Waals surface area (Å²) >= 11 is 0. The van der Waals surface area contributed by atoms with Crippen molar-refractivity contribution in [3.8, 4) is 0 Å². The van der Waals surface area contributed by atoms with Gasteiger partial charge in [-0.1, -0.05) is 61.5 Å². The molecule has 0 saturated heterocycles. The molecule has 0 aromatic heterocycles. The first-order chi connectivity index (χ1) is 9.69. The Labute approximate surface area is 120 Å². The Bertz CT molecular complexity index is 546. The van der Waals surface area contributed by atoms with Gasteiger partial charge in [0.2, 0.25) is 0 Å². The topological polar surface area (TPSA) is 53.1 Å². The van der Waals surface area contributed by atoms with Crippen LogP contribution in [-0.2, 0) is 13.1 Å². The Hall–Kier alpha value is -2.13. The summed E-state index contributed by atoms with van der Waals surface area (Å²) in [6.07, 6.45) is 0. The van der Waals surface area contributed by atoms with Crippen molar-refractivity contribution in [2.24, 2.45) is 5.73 Å². The average molecular weight is 267 g/mol. The molecule has 0 radical (unpaired) electrons. The molecule has 3 heteroatoms. The second kappa shape index (κ2) is 6.87. The van der Waals surface area contributed by atoms with Crippen LogP contribution in [0.1, 0.15) is 23.6 Å². The van der Waals surface area contributed by atoms with Crippen molar-refractivity contribution in [1.82, 2.24) is 4.90 Å². The van der Waals surface area contributed by atoms with Gasteiger partial charge in [-0.15, -0.1) is 0 Å². The summed E-state index contributed by atoms with van der Waals surface area (Å²) in [7, 11) is 0. The largest absolute Gasteiger partial charge is 0.384 e. The Morgan fingerprint density at radius 3 is 2.00 bits per heavy atom. The van der Waals surface area contributed by atoms with E-state index in [2.05, 4.69) is 36.1 Å². The van der Waals surface area contributed by atoms with E-state index in [-0.39, 0.29) is 5.84 Å². The third-order valence-corrected chi connectivity index (χ3v) is 3.37. The van der Waals surface area contributed by atoms with Gasteiger partial charge in [-0.2, -0.15) is 0 Å². The molecule has 3 nitrogen and oxygen atoms in total. The fraction of sp³-hybridized carbons (Fsp3) is 0.235. The molecule has 0 aliphatic rings. The third-order valence-electron chi connectivity index (χ3n) is 3.37. The quantitative estimate of drug-likeness (QED) is 0.624. The molecule has 3 N–H and O–H groups in total. The SMILES string of the molecule is CCN(Cc1ccccc1)Cc1ccc(C(=N)N)cc1. The van der Waals surface area contributed by atoms with Gasteiger partial charge in [0, 0.05) is 18.7 Å². The lowest BCUT2D eigenvalue weighted by molar-refractivity contribution is 0.271. The number of nitrogen functional groups attached to an aromatic ring is 1. The highest BCUT2D eigenvalue weighted by Gasteiger charge is 2.05. The van der Waals surface area contributed by atoms with E-state index in [9.17, 15) is 0 Å². The molecule has 0 aliphatic heterocycles. The molecule has 0 bridgehead atoms. The van der Waals surface area contributed by atoms with Crippen LogP contribution >= 0.6 is 0 Å². The maximum atomic E-state index is 7.40. The van der Waals surface area contributed by atoms with Gasteiger partial charge in [0.05, 0.1) is 0 Å². The van der Waals surface area contributed by atoms with Crippen LogP contribution < -0.4 is 5.73 Å². The minimum Gasteiger partial charge on any atom is -0.384 e. The summed E-state index contributed by atoms with van der Waals surface area (Å²) in [5, 5.41) is 7.40. The van der Waals surface area contributed by atoms with E-state index >= 15 is 0 Å². The van der Waals surface area contributed by atoms with Gasteiger partial charge < -0.3 is 5.73 Å². The van der Waals surface area contributed by atoms with E-state index in [1.807, 2.05) is 30.3 Å². The smallest absolute Gasteiger partial charge is 0.122 e. The van der Waals surface area contributed by atoms with Crippen molar-refractivity contribution < 1.29 is 0 Å². The van der Waals surface area contributed by atoms with Gasteiger partial charge in [0.25, 0.3) is 0 Å². The summed E-state index contributed by atoms with van der Waals surface area (Å²) < 4.78 is 0. The molecule has 0 atom stereocenters. The lowest BCUT2D eigenvalue weighted by Gasteiger charge is -2.20. The monoisotopic (exact) mass is 267 g/mol. The molecular weight excluding hydrogens is 246 g/mol. The lowest BCUT2D eigenvalue weighted by atomic mass is 10.1. The number of nitrogens with two attached hydrogens (primary N) is 1. The summed E-state index contributed by atoms with van der Waals surface area (Å²) in [4.78, 5) is 2.39. The predicted molar refractivity (Wildman–Crippen MR) is 83.7 cm³/mol. The Morgan fingerprint density at radius 2 is 1.50 bits per heavy atom. The second-order valence-electron chi connectivity index (χ2n) is 4.90. The highest BCUT2D eigenvalue weighted by Crippen LogP contribution is 2.10. The van der Waals surface area contributed by atoms with Crippen LogP contribution in [0.3, 0.4) is 0 Å². The molecule has 2 aromatic carbocycles. The molecule has 0 unspecified atom stereocenters. The number of benzene rings is 2. The standard InChI is InChI=1S/C17H21N3/c1-2-20(12-14-6-4-3-5-7-14)13-15-8-10-16(11-9-15)17(18)19/h3-11H,2,12-13H2,1H3,(H3,18,19). The van der Waals surface area contributed by atoms with E-state index in [1.165, 1.54) is 11.1 Å². The molecule has 0 fully saturated rings. The van der Waals surface area contributed by atoms with Gasteiger partial charge in [0.1, 0.15) is 5.84 Å². The maximum Gasteiger partial charge on any atom is 0.122 e. The van der Waals surface area contributed by atoms with Crippen molar-refractivity contribution in [2.75, 3.05) is 6.54 Å². The molecule has 2 aromatic rings. The Balaban J connectivity index is 2.01. The summed E-state index contributed by atoms with van der Waals surface area (Å²) in [5.41, 5.74) is 8.82. The van der Waals surface area contributed by atoms with Gasteiger partial charge in [-0.3, -0.25) is 10.3 Å². The highest BCUT2D eigenvalue weighted by molar-refractivity contribution is 5.94. The first-order valence-electron chi connectivity index (χ1n) is 6.88. The molecule has 0 spiro atoms. The number of hydrogen-bond acceptors (Lipinski definition) is 2. The molecule has 0 amide bonds. The number of amidine groups is 1. The van der Waals surface area contributed by atoms with Crippen LogP contribution in [-0.4, -0.2) is 17.3 Å².